The highest BCUT2D eigenvalue weighted by molar-refractivity contribution is 5.57. The Balaban J connectivity index is 2.83. The van der Waals surface area contributed by atoms with Crippen molar-refractivity contribution in [1.29, 1.82) is 0 Å². The van der Waals surface area contributed by atoms with Gasteiger partial charge in [-0.1, -0.05) is 20.3 Å². The number of hydrogen-bond donors (Lipinski definition) is 2. The van der Waals surface area contributed by atoms with Crippen LogP contribution in [0.25, 0.3) is 0 Å². The first-order valence-electron chi connectivity index (χ1n) is 6.83. The Morgan fingerprint density at radius 2 is 1.78 bits per heavy atom. The Labute approximate surface area is 111 Å². The SMILES string of the molecule is CCCNc1ncnc(NC(C)(C)CCC)c1C. The summed E-state index contributed by atoms with van der Waals surface area (Å²) in [6.07, 6.45) is 4.99. The van der Waals surface area contributed by atoms with Crippen molar-refractivity contribution in [2.75, 3.05) is 17.2 Å². The van der Waals surface area contributed by atoms with Gasteiger partial charge in [0.15, 0.2) is 0 Å². The van der Waals surface area contributed by atoms with E-state index in [9.17, 15) is 0 Å². The molecule has 102 valence electrons. The van der Waals surface area contributed by atoms with Gasteiger partial charge in [-0.05, 0) is 33.6 Å². The summed E-state index contributed by atoms with van der Waals surface area (Å²) in [5, 5.41) is 6.84. The van der Waals surface area contributed by atoms with E-state index in [1.54, 1.807) is 6.33 Å². The van der Waals surface area contributed by atoms with Gasteiger partial charge in [-0.15, -0.1) is 0 Å². The predicted molar refractivity (Wildman–Crippen MR) is 78.2 cm³/mol. The standard InChI is InChI=1S/C14H26N4/c1-6-8-14(4,5)18-13-11(3)12(15-9-7-2)16-10-17-13/h10H,6-9H2,1-5H3,(H2,15,16,17,18). The Bertz CT molecular complexity index is 374. The fourth-order valence-electron chi connectivity index (χ4n) is 2.01. The maximum Gasteiger partial charge on any atom is 0.134 e. The molecule has 4 heteroatoms. The van der Waals surface area contributed by atoms with Crippen molar-refractivity contribution in [1.82, 2.24) is 9.97 Å². The summed E-state index contributed by atoms with van der Waals surface area (Å²) in [7, 11) is 0. The van der Waals surface area contributed by atoms with Gasteiger partial charge >= 0.3 is 0 Å². The molecule has 0 saturated carbocycles. The van der Waals surface area contributed by atoms with Gasteiger partial charge in [-0.25, -0.2) is 9.97 Å². The summed E-state index contributed by atoms with van der Waals surface area (Å²) < 4.78 is 0. The van der Waals surface area contributed by atoms with Crippen molar-refractivity contribution in [3.05, 3.63) is 11.9 Å². The third kappa shape index (κ3) is 4.17. The van der Waals surface area contributed by atoms with Crippen LogP contribution in [0.15, 0.2) is 6.33 Å². The molecule has 0 atom stereocenters. The fourth-order valence-corrected chi connectivity index (χ4v) is 2.01. The van der Waals surface area contributed by atoms with Crippen molar-refractivity contribution in [3.8, 4) is 0 Å². The van der Waals surface area contributed by atoms with Crippen LogP contribution in [0.3, 0.4) is 0 Å². The summed E-state index contributed by atoms with van der Waals surface area (Å²) in [5.41, 5.74) is 1.16. The third-order valence-electron chi connectivity index (χ3n) is 2.96. The lowest BCUT2D eigenvalue weighted by Gasteiger charge is -2.27. The van der Waals surface area contributed by atoms with Crippen molar-refractivity contribution in [2.45, 2.75) is 59.4 Å². The Morgan fingerprint density at radius 1 is 1.11 bits per heavy atom. The first-order valence-corrected chi connectivity index (χ1v) is 6.83. The predicted octanol–water partition coefficient (Wildman–Crippen LogP) is 3.60. The first kappa shape index (κ1) is 14.7. The molecular formula is C14H26N4. The molecule has 0 aliphatic rings. The van der Waals surface area contributed by atoms with Crippen molar-refractivity contribution in [3.63, 3.8) is 0 Å². The minimum atomic E-state index is 0.0654. The van der Waals surface area contributed by atoms with Crippen molar-refractivity contribution in [2.24, 2.45) is 0 Å². The average molecular weight is 250 g/mol. The molecule has 1 rings (SSSR count). The smallest absolute Gasteiger partial charge is 0.134 e. The minimum absolute atomic E-state index is 0.0654. The molecule has 0 aromatic carbocycles. The van der Waals surface area contributed by atoms with Gasteiger partial charge in [0.1, 0.15) is 18.0 Å². The quantitative estimate of drug-likeness (QED) is 0.776. The second-order valence-corrected chi connectivity index (χ2v) is 5.38. The highest BCUT2D eigenvalue weighted by Crippen LogP contribution is 2.23. The summed E-state index contributed by atoms with van der Waals surface area (Å²) in [6.45, 7) is 11.8. The third-order valence-corrected chi connectivity index (χ3v) is 2.96. The Morgan fingerprint density at radius 3 is 2.39 bits per heavy atom. The number of aromatic nitrogens is 2. The van der Waals surface area contributed by atoms with Gasteiger partial charge in [0.25, 0.3) is 0 Å². The van der Waals surface area contributed by atoms with E-state index in [4.69, 9.17) is 0 Å². The van der Waals surface area contributed by atoms with Crippen LogP contribution in [0.4, 0.5) is 11.6 Å². The second-order valence-electron chi connectivity index (χ2n) is 5.38. The number of nitrogens with zero attached hydrogens (tertiary/aromatic N) is 2. The van der Waals surface area contributed by atoms with Gasteiger partial charge in [-0.2, -0.15) is 0 Å². The lowest BCUT2D eigenvalue weighted by Crippen LogP contribution is -2.31. The first-order chi connectivity index (χ1) is 8.50. The lowest BCUT2D eigenvalue weighted by atomic mass is 9.99. The molecule has 0 aliphatic carbocycles. The van der Waals surface area contributed by atoms with E-state index in [1.807, 2.05) is 0 Å². The van der Waals surface area contributed by atoms with Crippen LogP contribution in [0.5, 0.6) is 0 Å². The van der Waals surface area contributed by atoms with E-state index in [-0.39, 0.29) is 5.54 Å². The second kappa shape index (κ2) is 6.57. The molecule has 0 spiro atoms. The molecule has 0 aliphatic heterocycles. The highest BCUT2D eigenvalue weighted by Gasteiger charge is 2.18. The topological polar surface area (TPSA) is 49.8 Å². The zero-order chi connectivity index (χ0) is 13.6. The molecule has 4 nitrogen and oxygen atoms in total. The number of nitrogens with one attached hydrogen (secondary N) is 2. The maximum absolute atomic E-state index is 4.35. The molecular weight excluding hydrogens is 224 g/mol. The molecule has 0 amide bonds. The van der Waals surface area contributed by atoms with Crippen LogP contribution in [-0.4, -0.2) is 22.1 Å². The molecule has 18 heavy (non-hydrogen) atoms. The largest absolute Gasteiger partial charge is 0.370 e. The Hall–Kier alpha value is -1.32. The Kier molecular flexibility index (Phi) is 5.38. The van der Waals surface area contributed by atoms with E-state index in [0.717, 1.165) is 43.0 Å². The lowest BCUT2D eigenvalue weighted by molar-refractivity contribution is 0.508. The monoisotopic (exact) mass is 250 g/mol. The van der Waals surface area contributed by atoms with Crippen LogP contribution in [-0.2, 0) is 0 Å². The van der Waals surface area contributed by atoms with Gasteiger partial charge in [0.2, 0.25) is 0 Å². The van der Waals surface area contributed by atoms with Gasteiger partial charge < -0.3 is 10.6 Å². The van der Waals surface area contributed by atoms with E-state index < -0.39 is 0 Å². The molecule has 1 heterocycles. The molecule has 0 radical (unpaired) electrons. The molecule has 0 unspecified atom stereocenters. The van der Waals surface area contributed by atoms with Crippen LogP contribution in [0, 0.1) is 6.92 Å². The zero-order valence-corrected chi connectivity index (χ0v) is 12.3. The normalized spacial score (nSPS) is 11.4. The van der Waals surface area contributed by atoms with Crippen molar-refractivity contribution >= 4 is 11.6 Å². The zero-order valence-electron chi connectivity index (χ0n) is 12.3. The van der Waals surface area contributed by atoms with E-state index in [2.05, 4.69) is 55.2 Å². The molecule has 0 saturated heterocycles. The van der Waals surface area contributed by atoms with E-state index >= 15 is 0 Å². The number of rotatable bonds is 7. The van der Waals surface area contributed by atoms with Crippen LogP contribution in [0.1, 0.15) is 52.5 Å². The maximum atomic E-state index is 4.35. The van der Waals surface area contributed by atoms with Crippen LogP contribution < -0.4 is 10.6 Å². The van der Waals surface area contributed by atoms with E-state index in [0.29, 0.717) is 0 Å². The molecule has 0 fully saturated rings. The molecule has 2 N–H and O–H groups in total. The van der Waals surface area contributed by atoms with Gasteiger partial charge in [0.05, 0.1) is 0 Å². The van der Waals surface area contributed by atoms with Crippen LogP contribution in [0.2, 0.25) is 0 Å². The molecule has 0 bridgehead atoms. The molecule has 1 aromatic rings. The minimum Gasteiger partial charge on any atom is -0.370 e. The highest BCUT2D eigenvalue weighted by atomic mass is 15.1. The summed E-state index contributed by atoms with van der Waals surface area (Å²) in [5.74, 6) is 1.86. The summed E-state index contributed by atoms with van der Waals surface area (Å²) in [4.78, 5) is 8.64. The van der Waals surface area contributed by atoms with Crippen LogP contribution >= 0.6 is 0 Å². The fraction of sp³-hybridized carbons (Fsp3) is 0.714. The molecule has 1 aromatic heterocycles. The van der Waals surface area contributed by atoms with Gasteiger partial charge in [-0.3, -0.25) is 0 Å². The van der Waals surface area contributed by atoms with E-state index in [1.165, 1.54) is 0 Å². The number of hydrogen-bond acceptors (Lipinski definition) is 4. The van der Waals surface area contributed by atoms with Crippen molar-refractivity contribution < 1.29 is 0 Å². The van der Waals surface area contributed by atoms with Gasteiger partial charge in [0, 0.05) is 17.6 Å². The summed E-state index contributed by atoms with van der Waals surface area (Å²) >= 11 is 0. The summed E-state index contributed by atoms with van der Waals surface area (Å²) in [6, 6.07) is 0. The number of anilines is 2. The average Bonchev–Trinajstić information content (AvgIpc) is 2.30.